The molecule has 2 aromatic rings. The van der Waals surface area contributed by atoms with Gasteiger partial charge in [-0.25, -0.2) is 15.0 Å². The second kappa shape index (κ2) is 13.2. The van der Waals surface area contributed by atoms with E-state index in [4.69, 9.17) is 14.2 Å². The van der Waals surface area contributed by atoms with E-state index in [9.17, 15) is 14.4 Å². The van der Waals surface area contributed by atoms with Crippen LogP contribution in [0.2, 0.25) is 0 Å². The van der Waals surface area contributed by atoms with Crippen LogP contribution in [0.3, 0.4) is 0 Å². The normalized spacial score (nSPS) is 14.1. The van der Waals surface area contributed by atoms with E-state index in [-0.39, 0.29) is 19.8 Å². The van der Waals surface area contributed by atoms with Crippen molar-refractivity contribution >= 4 is 23.6 Å². The lowest BCUT2D eigenvalue weighted by atomic mass is 9.80. The summed E-state index contributed by atoms with van der Waals surface area (Å²) in [5, 5.41) is 7.22. The van der Waals surface area contributed by atoms with Gasteiger partial charge < -0.3 is 19.5 Å². The molecule has 0 unspecified atom stereocenters. The highest BCUT2D eigenvalue weighted by Gasteiger charge is 2.37. The summed E-state index contributed by atoms with van der Waals surface area (Å²) in [7, 11) is 0. The van der Waals surface area contributed by atoms with Crippen molar-refractivity contribution in [1.82, 2.24) is 10.7 Å². The molecule has 1 aliphatic heterocycles. The Hall–Kier alpha value is -4.40. The van der Waals surface area contributed by atoms with Crippen LogP contribution in [0.15, 0.2) is 82.2 Å². The van der Waals surface area contributed by atoms with E-state index in [1.54, 1.807) is 58.9 Å². The standard InChI is InChI=1S/C29H33N3O6/c1-6-36-28(34)25-19(4)30-20(5)26(29(35)37-7-2)27(25)22-13-15-23(16-14-22)38-17-24(33)32-31-18(3)21-11-9-8-10-12-21/h8-16,27,30H,6-7,17H2,1-5H3,(H,32,33)/b31-18+. The highest BCUT2D eigenvalue weighted by Crippen LogP contribution is 2.39. The van der Waals surface area contributed by atoms with Gasteiger partial charge in [-0.05, 0) is 57.9 Å². The van der Waals surface area contributed by atoms with Crippen molar-refractivity contribution in [3.8, 4) is 5.75 Å². The molecule has 1 aliphatic rings. The first-order valence-corrected chi connectivity index (χ1v) is 12.4. The van der Waals surface area contributed by atoms with Gasteiger partial charge in [0.1, 0.15) is 5.75 Å². The third kappa shape index (κ3) is 6.88. The molecule has 2 N–H and O–H groups in total. The Morgan fingerprint density at radius 2 is 1.42 bits per heavy atom. The van der Waals surface area contributed by atoms with Crippen LogP contribution < -0.4 is 15.5 Å². The van der Waals surface area contributed by atoms with Gasteiger partial charge in [0.25, 0.3) is 5.91 Å². The molecule has 0 radical (unpaired) electrons. The lowest BCUT2D eigenvalue weighted by Crippen LogP contribution is -2.32. The number of rotatable bonds is 10. The van der Waals surface area contributed by atoms with Crippen LogP contribution in [0, 0.1) is 0 Å². The molecule has 0 aliphatic carbocycles. The molecular weight excluding hydrogens is 486 g/mol. The maximum absolute atomic E-state index is 12.9. The fraction of sp³-hybridized carbons (Fsp3) is 0.310. The third-order valence-corrected chi connectivity index (χ3v) is 5.87. The van der Waals surface area contributed by atoms with Crippen LogP contribution >= 0.6 is 0 Å². The van der Waals surface area contributed by atoms with Crippen LogP contribution in [-0.4, -0.2) is 43.4 Å². The maximum Gasteiger partial charge on any atom is 0.336 e. The maximum atomic E-state index is 12.9. The first-order chi connectivity index (χ1) is 18.3. The van der Waals surface area contributed by atoms with Crippen molar-refractivity contribution in [3.05, 3.63) is 88.3 Å². The van der Waals surface area contributed by atoms with Gasteiger partial charge in [0, 0.05) is 11.4 Å². The number of benzene rings is 2. The molecule has 9 nitrogen and oxygen atoms in total. The van der Waals surface area contributed by atoms with Crippen molar-refractivity contribution in [3.63, 3.8) is 0 Å². The van der Waals surface area contributed by atoms with E-state index >= 15 is 0 Å². The Kier molecular flexibility index (Phi) is 9.81. The summed E-state index contributed by atoms with van der Waals surface area (Å²) in [6.07, 6.45) is 0. The number of ether oxygens (including phenoxy) is 3. The predicted molar refractivity (Wildman–Crippen MR) is 143 cm³/mol. The number of nitrogens with zero attached hydrogens (tertiary/aromatic N) is 1. The fourth-order valence-electron chi connectivity index (χ4n) is 4.11. The molecule has 2 aromatic carbocycles. The number of dihydropyridines is 1. The lowest BCUT2D eigenvalue weighted by Gasteiger charge is -2.30. The molecule has 1 amide bonds. The van der Waals surface area contributed by atoms with Gasteiger partial charge in [-0.3, -0.25) is 4.79 Å². The Labute approximate surface area is 222 Å². The number of hydrogen-bond acceptors (Lipinski definition) is 8. The number of nitrogens with one attached hydrogen (secondary N) is 2. The number of hydrazone groups is 1. The largest absolute Gasteiger partial charge is 0.484 e. The molecule has 0 atom stereocenters. The summed E-state index contributed by atoms with van der Waals surface area (Å²) in [6, 6.07) is 16.4. The highest BCUT2D eigenvalue weighted by atomic mass is 16.5. The molecule has 1 heterocycles. The zero-order chi connectivity index (χ0) is 27.7. The van der Waals surface area contributed by atoms with E-state index in [1.807, 2.05) is 30.3 Å². The summed E-state index contributed by atoms with van der Waals surface area (Å²) in [6.45, 7) is 8.94. The number of allylic oxidation sites excluding steroid dienone is 2. The highest BCUT2D eigenvalue weighted by molar-refractivity contribution is 6.00. The summed E-state index contributed by atoms with van der Waals surface area (Å²) in [4.78, 5) is 38.0. The van der Waals surface area contributed by atoms with Gasteiger partial charge in [0.2, 0.25) is 0 Å². The average molecular weight is 520 g/mol. The van der Waals surface area contributed by atoms with E-state index < -0.39 is 23.8 Å². The van der Waals surface area contributed by atoms with Crippen LogP contribution in [0.4, 0.5) is 0 Å². The van der Waals surface area contributed by atoms with Crippen LogP contribution in [0.1, 0.15) is 51.7 Å². The summed E-state index contributed by atoms with van der Waals surface area (Å²) in [5.41, 5.74) is 6.61. The van der Waals surface area contributed by atoms with Gasteiger partial charge in [-0.15, -0.1) is 0 Å². The zero-order valence-corrected chi connectivity index (χ0v) is 22.3. The smallest absolute Gasteiger partial charge is 0.336 e. The molecule has 0 fully saturated rings. The second-order valence-electron chi connectivity index (χ2n) is 8.53. The first-order valence-electron chi connectivity index (χ1n) is 12.4. The van der Waals surface area contributed by atoms with Crippen molar-refractivity contribution in [1.29, 1.82) is 0 Å². The topological polar surface area (TPSA) is 115 Å². The molecule has 0 saturated carbocycles. The molecule has 0 aromatic heterocycles. The van der Waals surface area contributed by atoms with Crippen LogP contribution in [0.5, 0.6) is 5.75 Å². The van der Waals surface area contributed by atoms with Crippen LogP contribution in [-0.2, 0) is 23.9 Å². The molecule has 0 saturated heterocycles. The zero-order valence-electron chi connectivity index (χ0n) is 22.3. The predicted octanol–water partition coefficient (Wildman–Crippen LogP) is 3.97. The number of esters is 2. The van der Waals surface area contributed by atoms with Crippen molar-refractivity contribution in [2.75, 3.05) is 19.8 Å². The number of amides is 1. The molecule has 38 heavy (non-hydrogen) atoms. The number of hydrogen-bond donors (Lipinski definition) is 2. The Bertz CT molecular complexity index is 1220. The van der Waals surface area contributed by atoms with Gasteiger partial charge in [0.15, 0.2) is 6.61 Å². The van der Waals surface area contributed by atoms with Gasteiger partial charge >= 0.3 is 11.9 Å². The van der Waals surface area contributed by atoms with E-state index in [0.29, 0.717) is 39.6 Å². The van der Waals surface area contributed by atoms with Crippen molar-refractivity contribution < 1.29 is 28.6 Å². The van der Waals surface area contributed by atoms with Gasteiger partial charge in [-0.2, -0.15) is 5.10 Å². The molecule has 9 heteroatoms. The van der Waals surface area contributed by atoms with E-state index in [0.717, 1.165) is 5.56 Å². The SMILES string of the molecule is CCOC(=O)C1=C(C)NC(C)=C(C(=O)OCC)C1c1ccc(OCC(=O)N/N=C(\C)c2ccccc2)cc1. The molecule has 3 rings (SSSR count). The second-order valence-corrected chi connectivity index (χ2v) is 8.53. The minimum Gasteiger partial charge on any atom is -0.484 e. The van der Waals surface area contributed by atoms with Crippen molar-refractivity contribution in [2.24, 2.45) is 5.10 Å². The van der Waals surface area contributed by atoms with Crippen LogP contribution in [0.25, 0.3) is 0 Å². The Balaban J connectivity index is 1.77. The molecular formula is C29H33N3O6. The summed E-state index contributed by atoms with van der Waals surface area (Å²) >= 11 is 0. The van der Waals surface area contributed by atoms with E-state index in [1.165, 1.54) is 0 Å². The molecule has 200 valence electrons. The Morgan fingerprint density at radius 1 is 0.868 bits per heavy atom. The fourth-order valence-corrected chi connectivity index (χ4v) is 4.11. The number of carbonyl (C=O) groups excluding carboxylic acids is 3. The first kappa shape index (κ1) is 28.2. The van der Waals surface area contributed by atoms with Gasteiger partial charge in [-0.1, -0.05) is 42.5 Å². The third-order valence-electron chi connectivity index (χ3n) is 5.87. The molecule has 0 bridgehead atoms. The summed E-state index contributed by atoms with van der Waals surface area (Å²) < 4.78 is 16.2. The van der Waals surface area contributed by atoms with E-state index in [2.05, 4.69) is 15.8 Å². The van der Waals surface area contributed by atoms with Gasteiger partial charge in [0.05, 0.1) is 36.0 Å². The quantitative estimate of drug-likeness (QED) is 0.277. The summed E-state index contributed by atoms with van der Waals surface area (Å²) in [5.74, 6) is -1.69. The minimum absolute atomic E-state index is 0.198. The minimum atomic E-state index is -0.693. The number of carbonyl (C=O) groups is 3. The van der Waals surface area contributed by atoms with Crippen molar-refractivity contribution in [2.45, 2.75) is 40.5 Å². The monoisotopic (exact) mass is 519 g/mol. The Morgan fingerprint density at radius 3 is 1.95 bits per heavy atom. The molecule has 0 spiro atoms. The lowest BCUT2D eigenvalue weighted by molar-refractivity contribution is -0.139. The average Bonchev–Trinajstić information content (AvgIpc) is 2.91.